The molecule has 0 aliphatic carbocycles. The van der Waals surface area contributed by atoms with Crippen LogP contribution in [0.15, 0.2) is 30.4 Å². The van der Waals surface area contributed by atoms with Crippen LogP contribution in [0.5, 0.6) is 0 Å². The van der Waals surface area contributed by atoms with Gasteiger partial charge in [0.25, 0.3) is 11.8 Å². The lowest BCUT2D eigenvalue weighted by Gasteiger charge is -2.27. The van der Waals surface area contributed by atoms with Gasteiger partial charge in [0, 0.05) is 13.0 Å². The Morgan fingerprint density at radius 3 is 2.73 bits per heavy atom. The van der Waals surface area contributed by atoms with Crippen molar-refractivity contribution in [3.63, 3.8) is 0 Å². The number of amides is 5. The van der Waals surface area contributed by atoms with Crippen LogP contribution in [0.3, 0.4) is 0 Å². The molecule has 1 aromatic rings. The molecule has 1 aromatic carbocycles. The highest BCUT2D eigenvalue weighted by Crippen LogP contribution is 2.29. The van der Waals surface area contributed by atoms with Gasteiger partial charge < -0.3 is 5.32 Å². The molecule has 0 spiro atoms. The normalized spacial score (nSPS) is 19.7. The predicted molar refractivity (Wildman–Crippen MR) is 89.8 cm³/mol. The quantitative estimate of drug-likeness (QED) is 0.595. The molecule has 8 heteroatoms. The van der Waals surface area contributed by atoms with Crippen LogP contribution < -0.4 is 10.6 Å². The van der Waals surface area contributed by atoms with E-state index in [1.54, 1.807) is 25.1 Å². The number of rotatable bonds is 4. The third-order valence-electron chi connectivity index (χ3n) is 4.33. The summed E-state index contributed by atoms with van der Waals surface area (Å²) in [6.07, 6.45) is 3.11. The van der Waals surface area contributed by atoms with Gasteiger partial charge in [0.2, 0.25) is 17.7 Å². The molecule has 2 N–H and O–H groups in total. The van der Waals surface area contributed by atoms with E-state index in [0.29, 0.717) is 5.56 Å². The molecule has 0 saturated carbocycles. The number of imide groups is 2. The standard InChI is InChI=1S/C18H17N3O5/c1-2-4-13(22)19-9-10-5-3-6-11-15(10)18(26)21(17(11)25)12-7-8-14(23)20-16(12)24/h2-6,12H,7-9H2,1H3,(H,19,22)(H,20,23,24). The summed E-state index contributed by atoms with van der Waals surface area (Å²) < 4.78 is 0. The Morgan fingerprint density at radius 2 is 2.04 bits per heavy atom. The van der Waals surface area contributed by atoms with E-state index >= 15 is 0 Å². The molecule has 5 amide bonds. The minimum absolute atomic E-state index is 0.0656. The van der Waals surface area contributed by atoms with Crippen molar-refractivity contribution in [2.24, 2.45) is 0 Å². The molecular weight excluding hydrogens is 338 g/mol. The van der Waals surface area contributed by atoms with Crippen LogP contribution in [-0.4, -0.2) is 40.5 Å². The summed E-state index contributed by atoms with van der Waals surface area (Å²) in [4.78, 5) is 61.4. The summed E-state index contributed by atoms with van der Waals surface area (Å²) in [6, 6.07) is 3.77. The zero-order chi connectivity index (χ0) is 18.8. The second-order valence-corrected chi connectivity index (χ2v) is 6.00. The molecule has 1 atom stereocenters. The number of hydrogen-bond donors (Lipinski definition) is 2. The minimum Gasteiger partial charge on any atom is -0.348 e. The van der Waals surface area contributed by atoms with Gasteiger partial charge in [-0.2, -0.15) is 0 Å². The Kier molecular flexibility index (Phi) is 4.66. The van der Waals surface area contributed by atoms with E-state index in [4.69, 9.17) is 0 Å². The zero-order valence-electron chi connectivity index (χ0n) is 14.1. The maximum absolute atomic E-state index is 12.8. The molecule has 2 aliphatic rings. The van der Waals surface area contributed by atoms with Crippen LogP contribution in [0.25, 0.3) is 0 Å². The van der Waals surface area contributed by atoms with Crippen LogP contribution >= 0.6 is 0 Å². The number of benzene rings is 1. The lowest BCUT2D eigenvalue weighted by Crippen LogP contribution is -2.54. The van der Waals surface area contributed by atoms with E-state index < -0.39 is 29.7 Å². The Labute approximate surface area is 149 Å². The number of hydrogen-bond acceptors (Lipinski definition) is 5. The van der Waals surface area contributed by atoms with E-state index in [1.807, 2.05) is 0 Å². The van der Waals surface area contributed by atoms with Crippen molar-refractivity contribution in [3.8, 4) is 0 Å². The van der Waals surface area contributed by atoms with E-state index in [1.165, 1.54) is 12.1 Å². The first-order valence-electron chi connectivity index (χ1n) is 8.18. The number of nitrogens with zero attached hydrogens (tertiary/aromatic N) is 1. The molecule has 3 rings (SSSR count). The fourth-order valence-electron chi connectivity index (χ4n) is 3.12. The highest BCUT2D eigenvalue weighted by molar-refractivity contribution is 6.24. The second-order valence-electron chi connectivity index (χ2n) is 6.00. The molecule has 8 nitrogen and oxygen atoms in total. The first-order chi connectivity index (χ1) is 12.4. The number of carbonyl (C=O) groups excluding carboxylic acids is 5. The van der Waals surface area contributed by atoms with Gasteiger partial charge in [0.1, 0.15) is 6.04 Å². The average Bonchev–Trinajstić information content (AvgIpc) is 2.85. The van der Waals surface area contributed by atoms with E-state index in [2.05, 4.69) is 10.6 Å². The van der Waals surface area contributed by atoms with Crippen molar-refractivity contribution in [1.29, 1.82) is 0 Å². The van der Waals surface area contributed by atoms with Gasteiger partial charge in [-0.3, -0.25) is 34.2 Å². The average molecular weight is 355 g/mol. The predicted octanol–water partition coefficient (Wildman–Crippen LogP) is 0.280. The Bertz CT molecular complexity index is 858. The minimum atomic E-state index is -1.01. The van der Waals surface area contributed by atoms with Crippen molar-refractivity contribution in [2.45, 2.75) is 32.4 Å². The highest BCUT2D eigenvalue weighted by atomic mass is 16.2. The summed E-state index contributed by atoms with van der Waals surface area (Å²) in [5.41, 5.74) is 0.869. The van der Waals surface area contributed by atoms with Crippen molar-refractivity contribution in [3.05, 3.63) is 47.0 Å². The molecule has 1 saturated heterocycles. The summed E-state index contributed by atoms with van der Waals surface area (Å²) >= 11 is 0. The zero-order valence-corrected chi connectivity index (χ0v) is 14.1. The van der Waals surface area contributed by atoms with Crippen molar-refractivity contribution >= 4 is 29.5 Å². The van der Waals surface area contributed by atoms with Gasteiger partial charge in [-0.1, -0.05) is 18.2 Å². The fourth-order valence-corrected chi connectivity index (χ4v) is 3.12. The van der Waals surface area contributed by atoms with Gasteiger partial charge in [-0.25, -0.2) is 0 Å². The van der Waals surface area contributed by atoms with Crippen LogP contribution in [0.1, 0.15) is 46.0 Å². The van der Waals surface area contributed by atoms with Crippen LogP contribution in [-0.2, 0) is 20.9 Å². The first kappa shape index (κ1) is 17.5. The molecule has 26 heavy (non-hydrogen) atoms. The number of fused-ring (bicyclic) bond motifs is 1. The summed E-state index contributed by atoms with van der Waals surface area (Å²) in [5, 5.41) is 4.80. The highest BCUT2D eigenvalue weighted by Gasteiger charge is 2.45. The van der Waals surface area contributed by atoms with E-state index in [0.717, 1.165) is 4.90 Å². The topological polar surface area (TPSA) is 113 Å². The van der Waals surface area contributed by atoms with Crippen molar-refractivity contribution in [1.82, 2.24) is 15.5 Å². The largest absolute Gasteiger partial charge is 0.348 e. The van der Waals surface area contributed by atoms with Gasteiger partial charge in [-0.15, -0.1) is 0 Å². The van der Waals surface area contributed by atoms with Crippen LogP contribution in [0.2, 0.25) is 0 Å². The number of piperidine rings is 1. The molecule has 1 fully saturated rings. The second kappa shape index (κ2) is 6.91. The van der Waals surface area contributed by atoms with Gasteiger partial charge in [0.05, 0.1) is 11.1 Å². The molecule has 1 unspecified atom stereocenters. The van der Waals surface area contributed by atoms with Crippen LogP contribution in [0, 0.1) is 0 Å². The fraction of sp³-hybridized carbons (Fsp3) is 0.278. The van der Waals surface area contributed by atoms with Crippen molar-refractivity contribution < 1.29 is 24.0 Å². The van der Waals surface area contributed by atoms with Crippen LogP contribution in [0.4, 0.5) is 0 Å². The van der Waals surface area contributed by atoms with Gasteiger partial charge >= 0.3 is 0 Å². The molecule has 134 valence electrons. The molecule has 2 aliphatic heterocycles. The smallest absolute Gasteiger partial charge is 0.262 e. The number of carbonyl (C=O) groups is 5. The molecule has 0 radical (unpaired) electrons. The van der Waals surface area contributed by atoms with E-state index in [9.17, 15) is 24.0 Å². The first-order valence-corrected chi connectivity index (χ1v) is 8.18. The third-order valence-corrected chi connectivity index (χ3v) is 4.33. The third kappa shape index (κ3) is 3.01. The lowest BCUT2D eigenvalue weighted by molar-refractivity contribution is -0.136. The maximum atomic E-state index is 12.8. The summed E-state index contributed by atoms with van der Waals surface area (Å²) in [6.45, 7) is 1.79. The summed E-state index contributed by atoms with van der Waals surface area (Å²) in [5.74, 6) is -2.55. The molecule has 0 aromatic heterocycles. The number of nitrogens with one attached hydrogen (secondary N) is 2. The lowest BCUT2D eigenvalue weighted by atomic mass is 10.0. The Balaban J connectivity index is 1.88. The Morgan fingerprint density at radius 1 is 1.27 bits per heavy atom. The SMILES string of the molecule is CC=CC(=O)NCc1cccc2c1C(=O)N(C1CCC(=O)NC1=O)C2=O. The Hall–Kier alpha value is -3.29. The summed E-state index contributed by atoms with van der Waals surface area (Å²) in [7, 11) is 0. The van der Waals surface area contributed by atoms with Gasteiger partial charge in [0.15, 0.2) is 0 Å². The van der Waals surface area contributed by atoms with E-state index in [-0.39, 0.29) is 36.4 Å². The van der Waals surface area contributed by atoms with Gasteiger partial charge in [-0.05, 0) is 31.1 Å². The monoisotopic (exact) mass is 355 g/mol. The van der Waals surface area contributed by atoms with Crippen molar-refractivity contribution in [2.75, 3.05) is 0 Å². The molecular formula is C18H17N3O5. The molecule has 0 bridgehead atoms. The maximum Gasteiger partial charge on any atom is 0.262 e. The number of allylic oxidation sites excluding steroid dienone is 1. The molecule has 2 heterocycles.